The summed E-state index contributed by atoms with van der Waals surface area (Å²) in [6.45, 7) is 3.67. The number of halogens is 1. The van der Waals surface area contributed by atoms with E-state index in [1.54, 1.807) is 13.2 Å². The van der Waals surface area contributed by atoms with Gasteiger partial charge in [-0.2, -0.15) is 0 Å². The molecule has 1 aliphatic heterocycles. The minimum Gasteiger partial charge on any atom is -0.497 e. The first-order valence-electron chi connectivity index (χ1n) is 11.8. The number of hydrogen-bond donors (Lipinski definition) is 3. The quantitative estimate of drug-likeness (QED) is 0.440. The summed E-state index contributed by atoms with van der Waals surface area (Å²) in [7, 11) is 1.59. The fourth-order valence-electron chi connectivity index (χ4n) is 4.40. The van der Waals surface area contributed by atoms with Crippen LogP contribution in [0.2, 0.25) is 0 Å². The predicted molar refractivity (Wildman–Crippen MR) is 129 cm³/mol. The number of ether oxygens (including phenoxy) is 1. The third kappa shape index (κ3) is 8.67. The number of benzene rings is 2. The number of piperidine rings is 1. The van der Waals surface area contributed by atoms with E-state index in [-0.39, 0.29) is 24.4 Å². The van der Waals surface area contributed by atoms with Crippen molar-refractivity contribution in [3.05, 3.63) is 59.9 Å². The maximum Gasteiger partial charge on any atom is 0.319 e. The summed E-state index contributed by atoms with van der Waals surface area (Å²) < 4.78 is 18.2. The fourth-order valence-corrected chi connectivity index (χ4v) is 4.40. The fraction of sp³-hybridized carbons (Fsp3) is 0.500. The number of carbonyl (C=O) groups is 1. The zero-order valence-electron chi connectivity index (χ0n) is 19.4. The Hall–Kier alpha value is -2.64. The van der Waals surface area contributed by atoms with Crippen molar-refractivity contribution in [3.8, 4) is 5.75 Å². The van der Waals surface area contributed by atoms with Crippen LogP contribution in [0.1, 0.15) is 31.2 Å². The molecule has 6 nitrogen and oxygen atoms in total. The molecule has 0 aromatic heterocycles. The summed E-state index contributed by atoms with van der Waals surface area (Å²) in [5, 5.41) is 15.5. The Kier molecular flexibility index (Phi) is 9.97. The second kappa shape index (κ2) is 13.2. The molecule has 2 aromatic rings. The minimum absolute atomic E-state index is 0.158. The highest BCUT2D eigenvalue weighted by atomic mass is 19.1. The Morgan fingerprint density at radius 2 is 1.97 bits per heavy atom. The van der Waals surface area contributed by atoms with Crippen molar-refractivity contribution in [2.24, 2.45) is 11.8 Å². The molecular weight excluding hydrogens is 421 g/mol. The van der Waals surface area contributed by atoms with Crippen molar-refractivity contribution in [1.82, 2.24) is 10.2 Å². The van der Waals surface area contributed by atoms with E-state index in [1.807, 2.05) is 30.3 Å². The zero-order chi connectivity index (χ0) is 23.5. The van der Waals surface area contributed by atoms with Gasteiger partial charge in [0.1, 0.15) is 11.6 Å². The molecule has 1 unspecified atom stereocenters. The maximum atomic E-state index is 13.1. The molecule has 0 saturated carbocycles. The molecule has 1 atom stereocenters. The number of aliphatic hydroxyl groups is 1. The van der Waals surface area contributed by atoms with Crippen molar-refractivity contribution in [1.29, 1.82) is 0 Å². The first-order chi connectivity index (χ1) is 16.1. The van der Waals surface area contributed by atoms with E-state index in [2.05, 4.69) is 15.5 Å². The molecule has 0 radical (unpaired) electrons. The van der Waals surface area contributed by atoms with Crippen LogP contribution in [0.4, 0.5) is 14.9 Å². The van der Waals surface area contributed by atoms with E-state index in [9.17, 15) is 14.3 Å². The molecule has 2 amide bonds. The first-order valence-corrected chi connectivity index (χ1v) is 11.8. The van der Waals surface area contributed by atoms with Crippen molar-refractivity contribution in [2.45, 2.75) is 32.1 Å². The van der Waals surface area contributed by atoms with Gasteiger partial charge in [0.25, 0.3) is 0 Å². The standard InChI is InChI=1S/C26H36FN3O3/c1-33-25-6-2-5-24(17-25)29-26(32)28-13-3-4-22(19-31)18-30-14-11-21(12-15-30)16-20-7-9-23(27)10-8-20/h2,5-10,17,21-22,31H,3-4,11-16,18-19H2,1H3,(H2,28,29,32). The Morgan fingerprint density at radius 3 is 2.67 bits per heavy atom. The van der Waals surface area contributed by atoms with Gasteiger partial charge < -0.3 is 25.4 Å². The largest absolute Gasteiger partial charge is 0.497 e. The van der Waals surface area contributed by atoms with Crippen molar-refractivity contribution in [3.63, 3.8) is 0 Å². The second-order valence-electron chi connectivity index (χ2n) is 8.88. The lowest BCUT2D eigenvalue weighted by Gasteiger charge is -2.34. The molecule has 0 spiro atoms. The molecule has 180 valence electrons. The predicted octanol–water partition coefficient (Wildman–Crippen LogP) is 4.30. The van der Waals surface area contributed by atoms with Crippen molar-refractivity contribution in [2.75, 3.05) is 45.2 Å². The van der Waals surface area contributed by atoms with E-state index in [0.717, 1.165) is 51.7 Å². The first kappa shape index (κ1) is 25.0. The molecule has 0 bridgehead atoms. The van der Waals surface area contributed by atoms with Crippen LogP contribution in [0.25, 0.3) is 0 Å². The summed E-state index contributed by atoms with van der Waals surface area (Å²) in [6.07, 6.45) is 4.94. The normalized spacial score (nSPS) is 15.7. The van der Waals surface area contributed by atoms with Gasteiger partial charge in [0.15, 0.2) is 0 Å². The molecule has 3 N–H and O–H groups in total. The van der Waals surface area contributed by atoms with Gasteiger partial charge in [-0.25, -0.2) is 9.18 Å². The van der Waals surface area contributed by atoms with Gasteiger partial charge in [0.2, 0.25) is 0 Å². The lowest BCUT2D eigenvalue weighted by atomic mass is 9.89. The van der Waals surface area contributed by atoms with Gasteiger partial charge in [-0.1, -0.05) is 18.2 Å². The van der Waals surface area contributed by atoms with E-state index >= 15 is 0 Å². The Morgan fingerprint density at radius 1 is 1.21 bits per heavy atom. The molecule has 1 heterocycles. The minimum atomic E-state index is -0.243. The molecule has 33 heavy (non-hydrogen) atoms. The number of urea groups is 1. The number of nitrogens with zero attached hydrogens (tertiary/aromatic N) is 1. The third-order valence-electron chi connectivity index (χ3n) is 6.32. The Labute approximate surface area is 196 Å². The molecular formula is C26H36FN3O3. The lowest BCUT2D eigenvalue weighted by Crippen LogP contribution is -2.38. The molecule has 1 fully saturated rings. The topological polar surface area (TPSA) is 73.8 Å². The van der Waals surface area contributed by atoms with Gasteiger partial charge >= 0.3 is 6.03 Å². The summed E-state index contributed by atoms with van der Waals surface area (Å²) in [4.78, 5) is 14.5. The van der Waals surface area contributed by atoms with E-state index < -0.39 is 0 Å². The highest BCUT2D eigenvalue weighted by molar-refractivity contribution is 5.89. The number of methoxy groups -OCH3 is 1. The summed E-state index contributed by atoms with van der Waals surface area (Å²) >= 11 is 0. The number of hydrogen-bond acceptors (Lipinski definition) is 4. The number of nitrogens with one attached hydrogen (secondary N) is 2. The lowest BCUT2D eigenvalue weighted by molar-refractivity contribution is 0.123. The number of amides is 2. The third-order valence-corrected chi connectivity index (χ3v) is 6.32. The highest BCUT2D eigenvalue weighted by Crippen LogP contribution is 2.23. The monoisotopic (exact) mass is 457 g/mol. The maximum absolute atomic E-state index is 13.1. The smallest absolute Gasteiger partial charge is 0.319 e. The second-order valence-corrected chi connectivity index (χ2v) is 8.88. The van der Waals surface area contributed by atoms with Crippen LogP contribution in [-0.4, -0.2) is 55.9 Å². The number of aliphatic hydroxyl groups excluding tert-OH is 1. The highest BCUT2D eigenvalue weighted by Gasteiger charge is 2.21. The van der Waals surface area contributed by atoms with Crippen LogP contribution in [-0.2, 0) is 6.42 Å². The Balaban J connectivity index is 1.30. The zero-order valence-corrected chi connectivity index (χ0v) is 19.4. The summed E-state index contributed by atoms with van der Waals surface area (Å²) in [6, 6.07) is 13.8. The Bertz CT molecular complexity index is 854. The van der Waals surface area contributed by atoms with Crippen LogP contribution in [0, 0.1) is 17.7 Å². The van der Waals surface area contributed by atoms with E-state index in [4.69, 9.17) is 4.74 Å². The molecule has 2 aromatic carbocycles. The number of rotatable bonds is 11. The van der Waals surface area contributed by atoms with Gasteiger partial charge in [0.05, 0.1) is 7.11 Å². The van der Waals surface area contributed by atoms with E-state index in [0.29, 0.717) is 23.9 Å². The van der Waals surface area contributed by atoms with Gasteiger partial charge in [-0.15, -0.1) is 0 Å². The number of anilines is 1. The van der Waals surface area contributed by atoms with E-state index in [1.165, 1.54) is 17.7 Å². The van der Waals surface area contributed by atoms with Gasteiger partial charge in [-0.05, 0) is 86.9 Å². The summed E-state index contributed by atoms with van der Waals surface area (Å²) in [5.74, 6) is 1.35. The van der Waals surface area contributed by atoms with Gasteiger partial charge in [-0.3, -0.25) is 0 Å². The van der Waals surface area contributed by atoms with Crippen LogP contribution >= 0.6 is 0 Å². The van der Waals surface area contributed by atoms with Crippen LogP contribution < -0.4 is 15.4 Å². The molecule has 0 aliphatic carbocycles. The van der Waals surface area contributed by atoms with Crippen LogP contribution in [0.15, 0.2) is 48.5 Å². The van der Waals surface area contributed by atoms with Crippen molar-refractivity contribution >= 4 is 11.7 Å². The van der Waals surface area contributed by atoms with Gasteiger partial charge in [0, 0.05) is 31.5 Å². The average molecular weight is 458 g/mol. The van der Waals surface area contributed by atoms with Crippen LogP contribution in [0.5, 0.6) is 5.75 Å². The molecule has 1 aliphatic rings. The molecule has 3 rings (SSSR count). The molecule has 1 saturated heterocycles. The molecule has 7 heteroatoms. The van der Waals surface area contributed by atoms with Crippen molar-refractivity contribution < 1.29 is 19.0 Å². The number of carbonyl (C=O) groups excluding carboxylic acids is 1. The summed E-state index contributed by atoms with van der Waals surface area (Å²) in [5.41, 5.74) is 1.88. The van der Waals surface area contributed by atoms with Crippen LogP contribution in [0.3, 0.4) is 0 Å². The number of likely N-dealkylation sites (tertiary alicyclic amines) is 1. The SMILES string of the molecule is COc1cccc(NC(=O)NCCCC(CO)CN2CCC(Cc3ccc(F)cc3)CC2)c1. The average Bonchev–Trinajstić information content (AvgIpc) is 2.83.